The maximum Gasteiger partial charge on any atom is 0.333 e. The van der Waals surface area contributed by atoms with Gasteiger partial charge in [-0.3, -0.25) is 0 Å². The molecule has 0 spiro atoms. The van der Waals surface area contributed by atoms with Crippen molar-refractivity contribution in [2.24, 2.45) is 0 Å². The molecule has 0 saturated carbocycles. The van der Waals surface area contributed by atoms with E-state index >= 15 is 0 Å². The predicted octanol–water partition coefficient (Wildman–Crippen LogP) is 2.08. The van der Waals surface area contributed by atoms with Crippen molar-refractivity contribution in [2.45, 2.75) is 38.4 Å². The molecule has 0 fully saturated rings. The highest BCUT2D eigenvalue weighted by Gasteiger charge is 2.15. The molecule has 2 atom stereocenters. The van der Waals surface area contributed by atoms with Gasteiger partial charge in [0.05, 0.1) is 19.3 Å². The number of benzene rings is 1. The van der Waals surface area contributed by atoms with Crippen LogP contribution < -0.4 is 4.74 Å². The fourth-order valence-corrected chi connectivity index (χ4v) is 1.83. The number of para-hydroxylation sites is 1. The van der Waals surface area contributed by atoms with Crippen LogP contribution in [0.4, 0.5) is 0 Å². The summed E-state index contributed by atoms with van der Waals surface area (Å²) >= 11 is 0. The lowest BCUT2D eigenvalue weighted by atomic mass is 10.0. The standard InChI is InChI=1S/C17H24O5/c1-3-14(18)11-13(17(20)21-2)9-10-15(19)12-22-16-7-5-4-6-8-16/h4-9,14-15,18-19H,3,10-12H2,1-2H3. The Morgan fingerprint density at radius 1 is 1.23 bits per heavy atom. The first-order valence-electron chi connectivity index (χ1n) is 7.38. The molecule has 5 heteroatoms. The third kappa shape index (κ3) is 6.74. The average molecular weight is 308 g/mol. The minimum absolute atomic E-state index is 0.130. The van der Waals surface area contributed by atoms with Crippen LogP contribution in [-0.2, 0) is 9.53 Å². The molecule has 0 aliphatic carbocycles. The van der Waals surface area contributed by atoms with E-state index in [-0.39, 0.29) is 19.4 Å². The van der Waals surface area contributed by atoms with E-state index in [2.05, 4.69) is 4.74 Å². The highest BCUT2D eigenvalue weighted by Crippen LogP contribution is 2.13. The van der Waals surface area contributed by atoms with Crippen LogP contribution in [-0.4, -0.2) is 42.1 Å². The molecule has 0 heterocycles. The molecule has 0 bridgehead atoms. The predicted molar refractivity (Wildman–Crippen MR) is 83.6 cm³/mol. The van der Waals surface area contributed by atoms with Crippen LogP contribution in [0.5, 0.6) is 5.75 Å². The van der Waals surface area contributed by atoms with Gasteiger partial charge in [0.2, 0.25) is 0 Å². The van der Waals surface area contributed by atoms with E-state index in [1.807, 2.05) is 25.1 Å². The van der Waals surface area contributed by atoms with Gasteiger partial charge in [-0.2, -0.15) is 0 Å². The van der Waals surface area contributed by atoms with Crippen molar-refractivity contribution in [2.75, 3.05) is 13.7 Å². The van der Waals surface area contributed by atoms with E-state index in [0.29, 0.717) is 17.7 Å². The lowest BCUT2D eigenvalue weighted by molar-refractivity contribution is -0.136. The zero-order chi connectivity index (χ0) is 16.4. The molecule has 1 aromatic carbocycles. The zero-order valence-corrected chi connectivity index (χ0v) is 13.1. The van der Waals surface area contributed by atoms with E-state index in [0.717, 1.165) is 0 Å². The summed E-state index contributed by atoms with van der Waals surface area (Å²) in [5, 5.41) is 19.6. The van der Waals surface area contributed by atoms with Crippen LogP contribution in [0.25, 0.3) is 0 Å². The van der Waals surface area contributed by atoms with Crippen molar-refractivity contribution < 1.29 is 24.5 Å². The second-order valence-electron chi connectivity index (χ2n) is 5.00. The third-order valence-electron chi connectivity index (χ3n) is 3.20. The van der Waals surface area contributed by atoms with Crippen molar-refractivity contribution in [3.8, 4) is 5.75 Å². The van der Waals surface area contributed by atoms with Gasteiger partial charge in [-0.1, -0.05) is 31.2 Å². The number of methoxy groups -OCH3 is 1. The second-order valence-corrected chi connectivity index (χ2v) is 5.00. The largest absolute Gasteiger partial charge is 0.491 e. The Labute approximate surface area is 131 Å². The van der Waals surface area contributed by atoms with Crippen LogP contribution in [0, 0.1) is 0 Å². The third-order valence-corrected chi connectivity index (χ3v) is 3.20. The molecule has 2 unspecified atom stereocenters. The maximum atomic E-state index is 11.6. The van der Waals surface area contributed by atoms with Crippen LogP contribution in [0.3, 0.4) is 0 Å². The van der Waals surface area contributed by atoms with Gasteiger partial charge in [0.1, 0.15) is 12.4 Å². The number of carbonyl (C=O) groups excluding carboxylic acids is 1. The summed E-state index contributed by atoms with van der Waals surface area (Å²) in [4.78, 5) is 11.6. The van der Waals surface area contributed by atoms with E-state index in [4.69, 9.17) is 4.74 Å². The van der Waals surface area contributed by atoms with E-state index in [1.54, 1.807) is 18.2 Å². The number of esters is 1. The van der Waals surface area contributed by atoms with Crippen LogP contribution in [0.2, 0.25) is 0 Å². The molecule has 5 nitrogen and oxygen atoms in total. The van der Waals surface area contributed by atoms with Crippen molar-refractivity contribution in [3.63, 3.8) is 0 Å². The monoisotopic (exact) mass is 308 g/mol. The maximum absolute atomic E-state index is 11.6. The number of hydrogen-bond donors (Lipinski definition) is 2. The normalized spacial score (nSPS) is 14.3. The van der Waals surface area contributed by atoms with Gasteiger partial charge in [0.25, 0.3) is 0 Å². The quantitative estimate of drug-likeness (QED) is 0.539. The smallest absolute Gasteiger partial charge is 0.333 e. The summed E-state index contributed by atoms with van der Waals surface area (Å²) in [5.74, 6) is 0.198. The van der Waals surface area contributed by atoms with Gasteiger partial charge >= 0.3 is 5.97 Å². The van der Waals surface area contributed by atoms with Crippen molar-refractivity contribution in [1.29, 1.82) is 0 Å². The first-order valence-corrected chi connectivity index (χ1v) is 7.38. The van der Waals surface area contributed by atoms with Crippen LogP contribution >= 0.6 is 0 Å². The lowest BCUT2D eigenvalue weighted by Crippen LogP contribution is -2.18. The summed E-state index contributed by atoms with van der Waals surface area (Å²) in [5.41, 5.74) is 0.371. The Bertz CT molecular complexity index is 469. The molecule has 22 heavy (non-hydrogen) atoms. The number of aliphatic hydroxyl groups is 2. The molecule has 0 amide bonds. The van der Waals surface area contributed by atoms with Gasteiger partial charge in [0, 0.05) is 12.0 Å². The van der Waals surface area contributed by atoms with Gasteiger partial charge in [-0.15, -0.1) is 0 Å². The fraction of sp³-hybridized carbons (Fsp3) is 0.471. The minimum atomic E-state index is -0.737. The van der Waals surface area contributed by atoms with Gasteiger partial charge < -0.3 is 19.7 Å². The van der Waals surface area contributed by atoms with Crippen LogP contribution in [0.1, 0.15) is 26.2 Å². The minimum Gasteiger partial charge on any atom is -0.491 e. The number of ether oxygens (including phenoxy) is 2. The Hall–Kier alpha value is -1.85. The Kier molecular flexibility index (Phi) is 8.25. The second kappa shape index (κ2) is 9.97. The van der Waals surface area contributed by atoms with Gasteiger partial charge in [-0.05, 0) is 25.0 Å². The average Bonchev–Trinajstić information content (AvgIpc) is 2.56. The van der Waals surface area contributed by atoms with E-state index in [9.17, 15) is 15.0 Å². The molecule has 0 aliphatic heterocycles. The molecule has 0 saturated heterocycles. The SMILES string of the molecule is CCC(O)CC(=CCC(O)COc1ccccc1)C(=O)OC. The summed E-state index contributed by atoms with van der Waals surface area (Å²) in [6.45, 7) is 1.97. The fourth-order valence-electron chi connectivity index (χ4n) is 1.83. The molecule has 1 rings (SSSR count). The molecule has 2 N–H and O–H groups in total. The van der Waals surface area contributed by atoms with Crippen LogP contribution in [0.15, 0.2) is 42.0 Å². The van der Waals surface area contributed by atoms with Crippen molar-refractivity contribution in [3.05, 3.63) is 42.0 Å². The first kappa shape index (κ1) is 18.2. The summed E-state index contributed by atoms with van der Waals surface area (Å²) in [6.07, 6.45) is 1.29. The lowest BCUT2D eigenvalue weighted by Gasteiger charge is -2.13. The van der Waals surface area contributed by atoms with Gasteiger partial charge in [0.15, 0.2) is 0 Å². The summed E-state index contributed by atoms with van der Waals surface area (Å²) in [7, 11) is 1.30. The first-order chi connectivity index (χ1) is 10.6. The zero-order valence-electron chi connectivity index (χ0n) is 13.1. The topological polar surface area (TPSA) is 76.0 Å². The summed E-state index contributed by atoms with van der Waals surface area (Å²) < 4.78 is 10.1. The molecule has 0 aromatic heterocycles. The number of carbonyl (C=O) groups is 1. The van der Waals surface area contributed by atoms with E-state index in [1.165, 1.54) is 7.11 Å². The molecular weight excluding hydrogens is 284 g/mol. The number of rotatable bonds is 9. The molecule has 122 valence electrons. The highest BCUT2D eigenvalue weighted by molar-refractivity contribution is 5.88. The Morgan fingerprint density at radius 3 is 2.50 bits per heavy atom. The van der Waals surface area contributed by atoms with Gasteiger partial charge in [-0.25, -0.2) is 4.79 Å². The van der Waals surface area contributed by atoms with Crippen molar-refractivity contribution in [1.82, 2.24) is 0 Å². The molecule has 0 radical (unpaired) electrons. The highest BCUT2D eigenvalue weighted by atomic mass is 16.5. The number of hydrogen-bond acceptors (Lipinski definition) is 5. The number of aliphatic hydroxyl groups excluding tert-OH is 2. The molecule has 1 aromatic rings. The Morgan fingerprint density at radius 2 is 1.91 bits per heavy atom. The molecular formula is C17H24O5. The summed E-state index contributed by atoms with van der Waals surface area (Å²) in [6, 6.07) is 9.19. The van der Waals surface area contributed by atoms with Crippen molar-refractivity contribution >= 4 is 5.97 Å². The Balaban J connectivity index is 2.51. The van der Waals surface area contributed by atoms with E-state index < -0.39 is 18.2 Å². The molecule has 0 aliphatic rings.